The predicted octanol–water partition coefficient (Wildman–Crippen LogP) is 2.64. The largest absolute Gasteiger partial charge is 0.478 e. The molecule has 0 fully saturated rings. The minimum absolute atomic E-state index is 0.111. The van der Waals surface area contributed by atoms with Crippen molar-refractivity contribution in [1.29, 1.82) is 0 Å². The zero-order valence-corrected chi connectivity index (χ0v) is 10.8. The standard InChI is InChI=1S/C15H14N2O3/c18-14(19)9-8-13-16-17-15(20-13)12-7-3-5-10-4-1-2-6-11(10)12/h1-2,4,6,8-9,12H,3,5,7H2,(H,18,19)/b9-8+. The van der Waals surface area contributed by atoms with Crippen LogP contribution in [0.1, 0.15) is 41.7 Å². The van der Waals surface area contributed by atoms with E-state index in [1.807, 2.05) is 12.1 Å². The van der Waals surface area contributed by atoms with Gasteiger partial charge >= 0.3 is 5.97 Å². The molecule has 1 heterocycles. The van der Waals surface area contributed by atoms with E-state index in [0.29, 0.717) is 5.89 Å². The number of hydrogen-bond acceptors (Lipinski definition) is 4. The van der Waals surface area contributed by atoms with Crippen molar-refractivity contribution in [2.75, 3.05) is 0 Å². The Balaban J connectivity index is 1.89. The number of rotatable bonds is 3. The van der Waals surface area contributed by atoms with Gasteiger partial charge in [0.05, 0.1) is 5.92 Å². The van der Waals surface area contributed by atoms with Gasteiger partial charge < -0.3 is 9.52 Å². The molecule has 1 aromatic heterocycles. The van der Waals surface area contributed by atoms with Gasteiger partial charge in [-0.1, -0.05) is 24.3 Å². The number of carboxylic acid groups (broad SMARTS) is 1. The first kappa shape index (κ1) is 12.6. The monoisotopic (exact) mass is 270 g/mol. The minimum atomic E-state index is -1.03. The van der Waals surface area contributed by atoms with Crippen LogP contribution in [0.5, 0.6) is 0 Å². The summed E-state index contributed by atoms with van der Waals surface area (Å²) >= 11 is 0. The second-order valence-corrected chi connectivity index (χ2v) is 4.79. The van der Waals surface area contributed by atoms with Gasteiger partial charge in [0.15, 0.2) is 0 Å². The summed E-state index contributed by atoms with van der Waals surface area (Å²) in [6.45, 7) is 0. The van der Waals surface area contributed by atoms with Gasteiger partial charge in [-0.15, -0.1) is 10.2 Å². The molecule has 3 rings (SSSR count). The number of fused-ring (bicyclic) bond motifs is 1. The number of carboxylic acids is 1. The fourth-order valence-electron chi connectivity index (χ4n) is 2.61. The van der Waals surface area contributed by atoms with Gasteiger partial charge in [0.25, 0.3) is 0 Å². The van der Waals surface area contributed by atoms with Gasteiger partial charge in [-0.3, -0.25) is 0 Å². The molecule has 1 N–H and O–H groups in total. The van der Waals surface area contributed by atoms with E-state index in [4.69, 9.17) is 9.52 Å². The molecule has 1 atom stereocenters. The maximum absolute atomic E-state index is 10.5. The molecule has 5 nitrogen and oxygen atoms in total. The van der Waals surface area contributed by atoms with Gasteiger partial charge in [0.1, 0.15) is 0 Å². The van der Waals surface area contributed by atoms with Gasteiger partial charge in [0, 0.05) is 12.2 Å². The Kier molecular flexibility index (Phi) is 3.33. The van der Waals surface area contributed by atoms with Crippen LogP contribution >= 0.6 is 0 Å². The normalized spacial score (nSPS) is 18.1. The summed E-state index contributed by atoms with van der Waals surface area (Å²) in [5, 5.41) is 16.5. The summed E-state index contributed by atoms with van der Waals surface area (Å²) < 4.78 is 5.56. The first-order valence-corrected chi connectivity index (χ1v) is 6.56. The average molecular weight is 270 g/mol. The first-order chi connectivity index (χ1) is 9.74. The van der Waals surface area contributed by atoms with Crippen LogP contribution < -0.4 is 0 Å². The third-order valence-corrected chi connectivity index (χ3v) is 3.49. The van der Waals surface area contributed by atoms with Crippen molar-refractivity contribution in [2.24, 2.45) is 0 Å². The van der Waals surface area contributed by atoms with E-state index in [9.17, 15) is 4.79 Å². The number of hydrogen-bond donors (Lipinski definition) is 1. The lowest BCUT2D eigenvalue weighted by atomic mass is 9.83. The second kappa shape index (κ2) is 5.28. The van der Waals surface area contributed by atoms with Crippen molar-refractivity contribution in [3.8, 4) is 0 Å². The van der Waals surface area contributed by atoms with Crippen LogP contribution in [0.2, 0.25) is 0 Å². The molecule has 0 saturated heterocycles. The summed E-state index contributed by atoms with van der Waals surface area (Å²) in [6, 6.07) is 8.27. The fraction of sp³-hybridized carbons (Fsp3) is 0.267. The molecule has 1 unspecified atom stereocenters. The van der Waals surface area contributed by atoms with E-state index in [-0.39, 0.29) is 11.8 Å². The fourth-order valence-corrected chi connectivity index (χ4v) is 2.61. The number of aliphatic carboxylic acids is 1. The van der Waals surface area contributed by atoms with E-state index >= 15 is 0 Å². The molecule has 1 aliphatic carbocycles. The van der Waals surface area contributed by atoms with Crippen LogP contribution in [-0.4, -0.2) is 21.3 Å². The van der Waals surface area contributed by atoms with Crippen molar-refractivity contribution in [2.45, 2.75) is 25.2 Å². The Morgan fingerprint density at radius 1 is 1.35 bits per heavy atom. The van der Waals surface area contributed by atoms with Crippen LogP contribution in [0.15, 0.2) is 34.8 Å². The molecule has 0 spiro atoms. The highest BCUT2D eigenvalue weighted by Crippen LogP contribution is 2.35. The van der Waals surface area contributed by atoms with Crippen molar-refractivity contribution in [3.05, 3.63) is 53.2 Å². The van der Waals surface area contributed by atoms with Crippen molar-refractivity contribution < 1.29 is 14.3 Å². The highest BCUT2D eigenvalue weighted by Gasteiger charge is 2.25. The highest BCUT2D eigenvalue weighted by molar-refractivity contribution is 5.84. The SMILES string of the molecule is O=C(O)/C=C/c1nnc(C2CCCc3ccccc32)o1. The zero-order valence-electron chi connectivity index (χ0n) is 10.8. The summed E-state index contributed by atoms with van der Waals surface area (Å²) in [4.78, 5) is 10.5. The van der Waals surface area contributed by atoms with Gasteiger partial charge in [-0.25, -0.2) is 4.79 Å². The number of carbonyl (C=O) groups is 1. The highest BCUT2D eigenvalue weighted by atomic mass is 16.4. The Morgan fingerprint density at radius 3 is 3.05 bits per heavy atom. The lowest BCUT2D eigenvalue weighted by Gasteiger charge is -2.22. The number of nitrogens with zero attached hydrogens (tertiary/aromatic N) is 2. The molecule has 1 aliphatic rings. The third kappa shape index (κ3) is 2.47. The average Bonchev–Trinajstić information content (AvgIpc) is 2.93. The summed E-state index contributed by atoms with van der Waals surface area (Å²) in [6.07, 6.45) is 5.44. The van der Waals surface area contributed by atoms with E-state index in [2.05, 4.69) is 22.3 Å². The molecule has 0 amide bonds. The van der Waals surface area contributed by atoms with Crippen molar-refractivity contribution in [3.63, 3.8) is 0 Å². The quantitative estimate of drug-likeness (QED) is 0.867. The maximum atomic E-state index is 10.5. The summed E-state index contributed by atoms with van der Waals surface area (Å²) in [5.41, 5.74) is 2.56. The molecule has 20 heavy (non-hydrogen) atoms. The van der Waals surface area contributed by atoms with Gasteiger partial charge in [-0.2, -0.15) is 0 Å². The van der Waals surface area contributed by atoms with Gasteiger partial charge in [0.2, 0.25) is 11.8 Å². The van der Waals surface area contributed by atoms with Crippen LogP contribution in [0.3, 0.4) is 0 Å². The van der Waals surface area contributed by atoms with E-state index in [1.165, 1.54) is 17.2 Å². The van der Waals surface area contributed by atoms with Crippen LogP contribution in [0.25, 0.3) is 6.08 Å². The molecule has 0 aliphatic heterocycles. The molecule has 0 radical (unpaired) electrons. The molecule has 2 aromatic rings. The second-order valence-electron chi connectivity index (χ2n) is 4.79. The molecule has 1 aromatic carbocycles. The van der Waals surface area contributed by atoms with Crippen LogP contribution in [0.4, 0.5) is 0 Å². The smallest absolute Gasteiger partial charge is 0.328 e. The predicted molar refractivity (Wildman–Crippen MR) is 72.2 cm³/mol. The summed E-state index contributed by atoms with van der Waals surface area (Å²) in [7, 11) is 0. The topological polar surface area (TPSA) is 76.2 Å². The van der Waals surface area contributed by atoms with Crippen LogP contribution in [-0.2, 0) is 11.2 Å². The lowest BCUT2D eigenvalue weighted by molar-refractivity contribution is -0.131. The maximum Gasteiger partial charge on any atom is 0.328 e. The van der Waals surface area contributed by atoms with E-state index in [0.717, 1.165) is 25.3 Å². The Bertz CT molecular complexity index is 661. The number of aryl methyl sites for hydroxylation is 1. The Hall–Kier alpha value is -2.43. The van der Waals surface area contributed by atoms with Crippen molar-refractivity contribution >= 4 is 12.0 Å². The summed E-state index contributed by atoms with van der Waals surface area (Å²) in [5.74, 6) is -0.139. The molecule has 5 heteroatoms. The van der Waals surface area contributed by atoms with E-state index < -0.39 is 5.97 Å². The first-order valence-electron chi connectivity index (χ1n) is 6.56. The third-order valence-electron chi connectivity index (χ3n) is 3.49. The molecule has 0 bridgehead atoms. The number of aromatic nitrogens is 2. The Morgan fingerprint density at radius 2 is 2.20 bits per heavy atom. The molecular weight excluding hydrogens is 256 g/mol. The minimum Gasteiger partial charge on any atom is -0.478 e. The lowest BCUT2D eigenvalue weighted by Crippen LogP contribution is -2.11. The molecule has 0 saturated carbocycles. The molecular formula is C15H14N2O3. The van der Waals surface area contributed by atoms with E-state index in [1.54, 1.807) is 0 Å². The number of benzene rings is 1. The zero-order chi connectivity index (χ0) is 13.9. The molecule has 102 valence electrons. The van der Waals surface area contributed by atoms with Crippen LogP contribution in [0, 0.1) is 0 Å². The van der Waals surface area contributed by atoms with Gasteiger partial charge in [-0.05, 0) is 30.4 Å². The van der Waals surface area contributed by atoms with Crippen molar-refractivity contribution in [1.82, 2.24) is 10.2 Å². The Labute approximate surface area is 116 Å².